The normalized spacial score (nSPS) is 24.2. The molecule has 0 saturated carbocycles. The summed E-state index contributed by atoms with van der Waals surface area (Å²) < 4.78 is 43.7. The second kappa shape index (κ2) is 4.72. The Morgan fingerprint density at radius 2 is 2.00 bits per heavy atom. The number of benzene rings is 1. The van der Waals surface area contributed by atoms with Gasteiger partial charge in [-0.2, -0.15) is 13.2 Å². The van der Waals surface area contributed by atoms with Crippen LogP contribution in [-0.2, 0) is 10.9 Å². The molecule has 0 N–H and O–H groups in total. The van der Waals surface area contributed by atoms with E-state index in [4.69, 9.17) is 4.74 Å². The highest BCUT2D eigenvalue weighted by molar-refractivity contribution is 5.99. The van der Waals surface area contributed by atoms with Crippen molar-refractivity contribution >= 4 is 5.78 Å². The summed E-state index contributed by atoms with van der Waals surface area (Å²) in [6, 6.07) is 4.90. The zero-order valence-electron chi connectivity index (χ0n) is 9.83. The smallest absolute Gasteiger partial charge is 0.378 e. The minimum absolute atomic E-state index is 0.257. The van der Waals surface area contributed by atoms with Crippen LogP contribution in [0.4, 0.5) is 13.2 Å². The lowest BCUT2D eigenvalue weighted by atomic mass is 9.90. The molecule has 0 aliphatic carbocycles. The summed E-state index contributed by atoms with van der Waals surface area (Å²) in [5.74, 6) is -0.957. The fourth-order valence-corrected chi connectivity index (χ4v) is 2.22. The molecule has 1 aliphatic heterocycles. The van der Waals surface area contributed by atoms with E-state index in [2.05, 4.69) is 0 Å². The minimum atomic E-state index is -4.51. The Labute approximate surface area is 103 Å². The van der Waals surface area contributed by atoms with Crippen molar-refractivity contribution in [2.45, 2.75) is 25.6 Å². The second-order valence-corrected chi connectivity index (χ2v) is 4.38. The highest BCUT2D eigenvalue weighted by Gasteiger charge is 2.38. The van der Waals surface area contributed by atoms with Crippen LogP contribution in [0.3, 0.4) is 0 Å². The van der Waals surface area contributed by atoms with Gasteiger partial charge in [0.25, 0.3) is 0 Å². The van der Waals surface area contributed by atoms with E-state index in [0.29, 0.717) is 13.0 Å². The molecule has 0 radical (unpaired) electrons. The molecule has 1 fully saturated rings. The number of hydrogen-bond acceptors (Lipinski definition) is 2. The van der Waals surface area contributed by atoms with Gasteiger partial charge in [-0.1, -0.05) is 18.2 Å². The third kappa shape index (κ3) is 2.41. The van der Waals surface area contributed by atoms with Crippen LogP contribution >= 0.6 is 0 Å². The van der Waals surface area contributed by atoms with Crippen LogP contribution < -0.4 is 0 Å². The van der Waals surface area contributed by atoms with Crippen molar-refractivity contribution in [2.75, 3.05) is 6.61 Å². The van der Waals surface area contributed by atoms with Crippen molar-refractivity contribution in [3.05, 3.63) is 35.4 Å². The zero-order valence-corrected chi connectivity index (χ0v) is 9.83. The summed E-state index contributed by atoms with van der Waals surface area (Å²) in [6.07, 6.45) is -4.35. The summed E-state index contributed by atoms with van der Waals surface area (Å²) in [5.41, 5.74) is -1.12. The first-order chi connectivity index (χ1) is 8.41. The van der Waals surface area contributed by atoms with Crippen LogP contribution in [0, 0.1) is 5.92 Å². The number of hydrogen-bond donors (Lipinski definition) is 0. The molecule has 0 aromatic heterocycles. The van der Waals surface area contributed by atoms with E-state index in [1.807, 2.05) is 0 Å². The van der Waals surface area contributed by atoms with E-state index in [1.165, 1.54) is 18.2 Å². The van der Waals surface area contributed by atoms with Crippen LogP contribution in [0.1, 0.15) is 29.3 Å². The Morgan fingerprint density at radius 1 is 1.33 bits per heavy atom. The molecule has 1 heterocycles. The molecule has 2 atom stereocenters. The lowest BCUT2D eigenvalue weighted by Crippen LogP contribution is -2.24. The predicted molar refractivity (Wildman–Crippen MR) is 59.3 cm³/mol. The van der Waals surface area contributed by atoms with Crippen molar-refractivity contribution in [1.82, 2.24) is 0 Å². The topological polar surface area (TPSA) is 26.3 Å². The molecule has 2 unspecified atom stereocenters. The number of ether oxygens (including phenoxy) is 1. The largest absolute Gasteiger partial charge is 0.417 e. The summed E-state index contributed by atoms with van der Waals surface area (Å²) in [7, 11) is 0. The summed E-state index contributed by atoms with van der Waals surface area (Å²) in [6.45, 7) is 2.14. The number of Topliss-reactive ketones (excluding diaryl/α,β-unsaturated/α-hetero) is 1. The first-order valence-corrected chi connectivity index (χ1v) is 5.73. The summed E-state index contributed by atoms with van der Waals surface area (Å²) in [4.78, 5) is 12.1. The molecule has 0 spiro atoms. The predicted octanol–water partition coefficient (Wildman–Crippen LogP) is 3.31. The van der Waals surface area contributed by atoms with Crippen molar-refractivity contribution in [1.29, 1.82) is 0 Å². The lowest BCUT2D eigenvalue weighted by Gasteiger charge is -2.16. The Kier molecular flexibility index (Phi) is 3.43. The van der Waals surface area contributed by atoms with Crippen molar-refractivity contribution in [2.24, 2.45) is 5.92 Å². The van der Waals surface area contributed by atoms with E-state index in [0.717, 1.165) is 6.07 Å². The number of rotatable bonds is 2. The molecule has 98 valence electrons. The molecular formula is C13H13F3O2. The second-order valence-electron chi connectivity index (χ2n) is 4.38. The van der Waals surface area contributed by atoms with Gasteiger partial charge in [0, 0.05) is 12.2 Å². The summed E-state index contributed by atoms with van der Waals surface area (Å²) in [5, 5.41) is 0. The molecule has 1 saturated heterocycles. The first kappa shape index (κ1) is 13.1. The monoisotopic (exact) mass is 258 g/mol. The van der Waals surface area contributed by atoms with Gasteiger partial charge in [0.15, 0.2) is 5.78 Å². The first-order valence-electron chi connectivity index (χ1n) is 5.73. The number of ketones is 1. The van der Waals surface area contributed by atoms with Crippen LogP contribution in [0.5, 0.6) is 0 Å². The molecule has 0 bridgehead atoms. The number of carbonyl (C=O) groups excluding carboxylic acids is 1. The van der Waals surface area contributed by atoms with Crippen molar-refractivity contribution < 1.29 is 22.7 Å². The molecular weight excluding hydrogens is 245 g/mol. The fraction of sp³-hybridized carbons (Fsp3) is 0.462. The lowest BCUT2D eigenvalue weighted by molar-refractivity contribution is -0.138. The van der Waals surface area contributed by atoms with Gasteiger partial charge in [-0.15, -0.1) is 0 Å². The van der Waals surface area contributed by atoms with Gasteiger partial charge >= 0.3 is 6.18 Å². The molecule has 18 heavy (non-hydrogen) atoms. The number of carbonyl (C=O) groups is 1. The van der Waals surface area contributed by atoms with E-state index in [9.17, 15) is 18.0 Å². The maximum Gasteiger partial charge on any atom is 0.417 e. The Hall–Kier alpha value is -1.36. The van der Waals surface area contributed by atoms with Gasteiger partial charge in [0.2, 0.25) is 0 Å². The van der Waals surface area contributed by atoms with Crippen molar-refractivity contribution in [3.8, 4) is 0 Å². The third-order valence-electron chi connectivity index (χ3n) is 3.21. The molecule has 2 nitrogen and oxygen atoms in total. The zero-order chi connectivity index (χ0) is 13.3. The number of alkyl halides is 3. The van der Waals surface area contributed by atoms with E-state index >= 15 is 0 Å². The standard InChI is InChI=1S/C13H13F3O2/c1-8-9(6-7-18-8)12(17)10-4-2-3-5-11(10)13(14,15)16/h2-5,8-9H,6-7H2,1H3. The average Bonchev–Trinajstić information content (AvgIpc) is 2.73. The van der Waals surface area contributed by atoms with Gasteiger partial charge in [-0.25, -0.2) is 0 Å². The highest BCUT2D eigenvalue weighted by atomic mass is 19.4. The van der Waals surface area contributed by atoms with Gasteiger partial charge < -0.3 is 4.74 Å². The summed E-state index contributed by atoms with van der Waals surface area (Å²) >= 11 is 0. The van der Waals surface area contributed by atoms with Gasteiger partial charge in [-0.3, -0.25) is 4.79 Å². The maximum absolute atomic E-state index is 12.8. The quantitative estimate of drug-likeness (QED) is 0.761. The highest BCUT2D eigenvalue weighted by Crippen LogP contribution is 2.34. The molecule has 1 aromatic rings. The van der Waals surface area contributed by atoms with Crippen LogP contribution in [0.15, 0.2) is 24.3 Å². The number of halogens is 3. The molecule has 5 heteroatoms. The van der Waals surface area contributed by atoms with E-state index < -0.39 is 23.4 Å². The van der Waals surface area contributed by atoms with Gasteiger partial charge in [0.05, 0.1) is 17.6 Å². The van der Waals surface area contributed by atoms with Crippen LogP contribution in [0.25, 0.3) is 0 Å². The van der Waals surface area contributed by atoms with Crippen molar-refractivity contribution in [3.63, 3.8) is 0 Å². The minimum Gasteiger partial charge on any atom is -0.378 e. The van der Waals surface area contributed by atoms with E-state index in [-0.39, 0.29) is 11.7 Å². The third-order valence-corrected chi connectivity index (χ3v) is 3.21. The Bertz CT molecular complexity index is 454. The average molecular weight is 258 g/mol. The molecule has 1 aliphatic rings. The fourth-order valence-electron chi connectivity index (χ4n) is 2.22. The molecule has 1 aromatic carbocycles. The van der Waals surface area contributed by atoms with Gasteiger partial charge in [-0.05, 0) is 19.4 Å². The van der Waals surface area contributed by atoms with Gasteiger partial charge in [0.1, 0.15) is 0 Å². The maximum atomic E-state index is 12.8. The SMILES string of the molecule is CC1OCCC1C(=O)c1ccccc1C(F)(F)F. The Morgan fingerprint density at radius 3 is 2.56 bits per heavy atom. The molecule has 0 amide bonds. The molecule has 2 rings (SSSR count). The Balaban J connectivity index is 2.36. The van der Waals surface area contributed by atoms with E-state index in [1.54, 1.807) is 6.92 Å². The van der Waals surface area contributed by atoms with Crippen LogP contribution in [0.2, 0.25) is 0 Å². The van der Waals surface area contributed by atoms with Crippen LogP contribution in [-0.4, -0.2) is 18.5 Å².